The van der Waals surface area contributed by atoms with Crippen LogP contribution in [0.1, 0.15) is 37.8 Å². The molecule has 0 fully saturated rings. The Morgan fingerprint density at radius 3 is 2.25 bits per heavy atom. The number of rotatable bonds is 3. The third-order valence-corrected chi connectivity index (χ3v) is 5.20. The summed E-state index contributed by atoms with van der Waals surface area (Å²) in [5, 5.41) is 1.15. The molecule has 0 saturated carbocycles. The number of thioether (sulfide) groups is 1. The van der Waals surface area contributed by atoms with Crippen LogP contribution in [0.2, 0.25) is 0 Å². The molecule has 0 N–H and O–H groups in total. The first kappa shape index (κ1) is 13.4. The minimum Gasteiger partial charge on any atom is -0.266 e. The number of benzene rings is 2. The molecule has 0 amide bonds. The summed E-state index contributed by atoms with van der Waals surface area (Å²) in [6, 6.07) is 19.2. The molecule has 1 heterocycles. The van der Waals surface area contributed by atoms with E-state index in [0.29, 0.717) is 0 Å². The quantitative estimate of drug-likeness (QED) is 0.748. The van der Waals surface area contributed by atoms with E-state index in [4.69, 9.17) is 4.99 Å². The largest absolute Gasteiger partial charge is 0.266 e. The van der Waals surface area contributed by atoms with Crippen LogP contribution in [-0.4, -0.2) is 5.04 Å². The maximum atomic E-state index is 5.14. The number of aliphatic imine (C=N–C) groups is 1. The van der Waals surface area contributed by atoms with Crippen molar-refractivity contribution >= 4 is 16.8 Å². The summed E-state index contributed by atoms with van der Waals surface area (Å²) in [6.07, 6.45) is 2.08. The van der Waals surface area contributed by atoms with Crippen molar-refractivity contribution in [3.63, 3.8) is 0 Å². The first-order chi connectivity index (χ1) is 9.79. The Morgan fingerprint density at radius 2 is 1.55 bits per heavy atom. The van der Waals surface area contributed by atoms with Gasteiger partial charge >= 0.3 is 0 Å². The zero-order chi connectivity index (χ0) is 14.0. The molecule has 0 radical (unpaired) electrons. The molecule has 0 aliphatic carbocycles. The highest BCUT2D eigenvalue weighted by molar-refractivity contribution is 8.14. The molecule has 2 heteroatoms. The normalized spacial score (nSPS) is 16.4. The van der Waals surface area contributed by atoms with E-state index in [1.54, 1.807) is 11.8 Å². The van der Waals surface area contributed by atoms with Crippen molar-refractivity contribution in [1.82, 2.24) is 0 Å². The molecule has 2 aromatic carbocycles. The van der Waals surface area contributed by atoms with Gasteiger partial charge in [-0.2, -0.15) is 0 Å². The van der Waals surface area contributed by atoms with Gasteiger partial charge in [0.2, 0.25) is 0 Å². The van der Waals surface area contributed by atoms with Crippen LogP contribution in [0.3, 0.4) is 0 Å². The van der Waals surface area contributed by atoms with Crippen LogP contribution in [0.5, 0.6) is 0 Å². The van der Waals surface area contributed by atoms with E-state index >= 15 is 0 Å². The topological polar surface area (TPSA) is 12.4 Å². The van der Waals surface area contributed by atoms with E-state index in [1.807, 2.05) is 0 Å². The summed E-state index contributed by atoms with van der Waals surface area (Å²) in [4.78, 5) is 6.49. The fraction of sp³-hybridized carbons (Fsp3) is 0.278. The van der Waals surface area contributed by atoms with Crippen LogP contribution < -0.4 is 0 Å². The number of hydrogen-bond acceptors (Lipinski definition) is 2. The standard InChI is InChI=1S/C18H19NS/c1-3-18(4-2)15-12-8-9-13-16(15)20-17(19-18)14-10-6-5-7-11-14/h5-13H,3-4H2,1-2H3. The summed E-state index contributed by atoms with van der Waals surface area (Å²) in [7, 11) is 0. The number of hydrogen-bond donors (Lipinski definition) is 0. The van der Waals surface area contributed by atoms with Gasteiger partial charge < -0.3 is 0 Å². The molecule has 1 aliphatic heterocycles. The lowest BCUT2D eigenvalue weighted by Crippen LogP contribution is -2.27. The second-order valence-electron chi connectivity index (χ2n) is 5.12. The minimum atomic E-state index is -0.0625. The monoisotopic (exact) mass is 281 g/mol. The van der Waals surface area contributed by atoms with Gasteiger partial charge in [-0.1, -0.05) is 74.1 Å². The molecule has 0 spiro atoms. The molecule has 1 aliphatic rings. The Labute approximate surface area is 125 Å². The van der Waals surface area contributed by atoms with Crippen LogP contribution >= 0.6 is 11.8 Å². The van der Waals surface area contributed by atoms with Gasteiger partial charge in [0.25, 0.3) is 0 Å². The van der Waals surface area contributed by atoms with Gasteiger partial charge in [0, 0.05) is 10.5 Å². The SMILES string of the molecule is CCC1(CC)N=C(c2ccccc2)Sc2ccccc21. The minimum absolute atomic E-state index is 0.0625. The first-order valence-corrected chi connectivity index (χ1v) is 8.03. The summed E-state index contributed by atoms with van der Waals surface area (Å²) >= 11 is 1.79. The van der Waals surface area contributed by atoms with Gasteiger partial charge in [-0.25, -0.2) is 0 Å². The molecule has 3 rings (SSSR count). The van der Waals surface area contributed by atoms with Crippen molar-refractivity contribution in [2.75, 3.05) is 0 Å². The molecule has 1 nitrogen and oxygen atoms in total. The summed E-state index contributed by atoms with van der Waals surface area (Å²) in [5.41, 5.74) is 2.54. The molecule has 102 valence electrons. The van der Waals surface area contributed by atoms with Gasteiger partial charge in [0.05, 0.1) is 5.54 Å². The summed E-state index contributed by atoms with van der Waals surface area (Å²) in [6.45, 7) is 4.48. The first-order valence-electron chi connectivity index (χ1n) is 7.21. The Kier molecular flexibility index (Phi) is 3.66. The average Bonchev–Trinajstić information content (AvgIpc) is 2.54. The predicted molar refractivity (Wildman–Crippen MR) is 87.5 cm³/mol. The van der Waals surface area contributed by atoms with Gasteiger partial charge in [-0.15, -0.1) is 0 Å². The highest BCUT2D eigenvalue weighted by Crippen LogP contribution is 2.45. The molecular weight excluding hydrogens is 262 g/mol. The second-order valence-corrected chi connectivity index (χ2v) is 6.15. The van der Waals surface area contributed by atoms with Crippen LogP contribution in [0.25, 0.3) is 0 Å². The molecule has 0 aromatic heterocycles. The summed E-state index contributed by atoms with van der Waals surface area (Å²) in [5.74, 6) is 0. The molecule has 2 aromatic rings. The molecule has 0 bridgehead atoms. The van der Waals surface area contributed by atoms with Gasteiger partial charge in [-0.05, 0) is 24.5 Å². The zero-order valence-electron chi connectivity index (χ0n) is 12.0. The van der Waals surface area contributed by atoms with Gasteiger partial charge in [0.15, 0.2) is 0 Å². The smallest absolute Gasteiger partial charge is 0.104 e. The summed E-state index contributed by atoms with van der Waals surface area (Å²) < 4.78 is 0. The Hall–Kier alpha value is -1.54. The van der Waals surface area contributed by atoms with Crippen molar-refractivity contribution in [2.45, 2.75) is 37.1 Å². The fourth-order valence-corrected chi connectivity index (χ4v) is 4.01. The van der Waals surface area contributed by atoms with Crippen LogP contribution in [-0.2, 0) is 5.54 Å². The third kappa shape index (κ3) is 2.18. The molecule has 0 saturated heterocycles. The zero-order valence-corrected chi connectivity index (χ0v) is 12.8. The van der Waals surface area contributed by atoms with Crippen molar-refractivity contribution in [3.05, 3.63) is 65.7 Å². The van der Waals surface area contributed by atoms with Crippen molar-refractivity contribution in [2.24, 2.45) is 4.99 Å². The molecule has 0 unspecified atom stereocenters. The van der Waals surface area contributed by atoms with Crippen molar-refractivity contribution in [1.29, 1.82) is 0 Å². The van der Waals surface area contributed by atoms with E-state index in [0.717, 1.165) is 17.9 Å². The van der Waals surface area contributed by atoms with Crippen molar-refractivity contribution in [3.8, 4) is 0 Å². The average molecular weight is 281 g/mol. The van der Waals surface area contributed by atoms with Crippen molar-refractivity contribution < 1.29 is 0 Å². The maximum Gasteiger partial charge on any atom is 0.104 e. The van der Waals surface area contributed by atoms with Gasteiger partial charge in [-0.3, -0.25) is 4.99 Å². The lowest BCUT2D eigenvalue weighted by Gasteiger charge is -2.34. The molecule has 20 heavy (non-hydrogen) atoms. The fourth-order valence-electron chi connectivity index (χ4n) is 2.81. The molecular formula is C18H19NS. The van der Waals surface area contributed by atoms with E-state index < -0.39 is 0 Å². The maximum absolute atomic E-state index is 5.14. The lowest BCUT2D eigenvalue weighted by atomic mass is 9.85. The highest BCUT2D eigenvalue weighted by Gasteiger charge is 2.34. The Morgan fingerprint density at radius 1 is 0.900 bits per heavy atom. The number of fused-ring (bicyclic) bond motifs is 1. The highest BCUT2D eigenvalue weighted by atomic mass is 32.2. The van der Waals surface area contributed by atoms with E-state index in [2.05, 4.69) is 68.4 Å². The lowest BCUT2D eigenvalue weighted by molar-refractivity contribution is 0.409. The Bertz CT molecular complexity index is 627. The van der Waals surface area contributed by atoms with E-state index in [9.17, 15) is 0 Å². The van der Waals surface area contributed by atoms with Crippen LogP contribution in [0, 0.1) is 0 Å². The van der Waals surface area contributed by atoms with Gasteiger partial charge in [0.1, 0.15) is 5.04 Å². The third-order valence-electron chi connectivity index (χ3n) is 4.10. The second kappa shape index (κ2) is 5.45. The Balaban J connectivity index is 2.14. The van der Waals surface area contributed by atoms with Crippen LogP contribution in [0.4, 0.5) is 0 Å². The predicted octanol–water partition coefficient (Wildman–Crippen LogP) is 5.25. The van der Waals surface area contributed by atoms with E-state index in [1.165, 1.54) is 16.0 Å². The van der Waals surface area contributed by atoms with E-state index in [-0.39, 0.29) is 5.54 Å². The van der Waals surface area contributed by atoms with Crippen LogP contribution in [0.15, 0.2) is 64.5 Å². The molecule has 0 atom stereocenters. The number of nitrogens with zero attached hydrogens (tertiary/aromatic N) is 1.